The van der Waals surface area contributed by atoms with Gasteiger partial charge in [0, 0.05) is 25.7 Å². The van der Waals surface area contributed by atoms with E-state index in [-0.39, 0.29) is 0 Å². The van der Waals surface area contributed by atoms with Gasteiger partial charge in [-0.25, -0.2) is 0 Å². The van der Waals surface area contributed by atoms with Gasteiger partial charge in [-0.15, -0.1) is 0 Å². The molecule has 3 heteroatoms. The second-order valence-electron chi connectivity index (χ2n) is 5.91. The number of hydrogen-bond donors (Lipinski definition) is 1. The van der Waals surface area contributed by atoms with Gasteiger partial charge in [0.25, 0.3) is 0 Å². The van der Waals surface area contributed by atoms with Crippen LogP contribution in [-0.4, -0.2) is 49.1 Å². The van der Waals surface area contributed by atoms with Crippen LogP contribution in [0.4, 0.5) is 0 Å². The van der Waals surface area contributed by atoms with E-state index in [4.69, 9.17) is 5.73 Å². The molecule has 1 aromatic rings. The Bertz CT molecular complexity index is 405. The van der Waals surface area contributed by atoms with Crippen molar-refractivity contribution >= 4 is 0 Å². The highest BCUT2D eigenvalue weighted by Crippen LogP contribution is 2.17. The largest absolute Gasteiger partial charge is 0.326 e. The van der Waals surface area contributed by atoms with Gasteiger partial charge in [-0.3, -0.25) is 4.90 Å². The third-order valence-corrected chi connectivity index (χ3v) is 4.53. The van der Waals surface area contributed by atoms with Crippen molar-refractivity contribution in [3.8, 4) is 0 Å². The zero-order valence-corrected chi connectivity index (χ0v) is 13.0. The molecular formula is C17H29N3. The average Bonchev–Trinajstić information content (AvgIpc) is 2.92. The van der Waals surface area contributed by atoms with Gasteiger partial charge in [0.05, 0.1) is 0 Å². The minimum atomic E-state index is 0.645. The molecule has 0 spiro atoms. The Morgan fingerprint density at radius 1 is 1.30 bits per heavy atom. The van der Waals surface area contributed by atoms with Crippen molar-refractivity contribution in [2.75, 3.05) is 33.2 Å². The highest BCUT2D eigenvalue weighted by Gasteiger charge is 2.23. The van der Waals surface area contributed by atoms with Gasteiger partial charge < -0.3 is 10.6 Å². The summed E-state index contributed by atoms with van der Waals surface area (Å²) >= 11 is 0. The smallest absolute Gasteiger partial charge is 0.0223 e. The lowest BCUT2D eigenvalue weighted by atomic mass is 10.0. The summed E-state index contributed by atoms with van der Waals surface area (Å²) in [6.07, 6.45) is 3.82. The summed E-state index contributed by atoms with van der Waals surface area (Å²) < 4.78 is 0. The van der Waals surface area contributed by atoms with Crippen molar-refractivity contribution in [3.63, 3.8) is 0 Å². The SMILES string of the molecule is CCN1CCCC1CN(C)CCc1ccccc1CN. The van der Waals surface area contributed by atoms with Crippen LogP contribution in [0.3, 0.4) is 0 Å². The first-order valence-corrected chi connectivity index (χ1v) is 7.94. The summed E-state index contributed by atoms with van der Waals surface area (Å²) in [7, 11) is 2.25. The maximum Gasteiger partial charge on any atom is 0.0223 e. The van der Waals surface area contributed by atoms with Crippen LogP contribution in [0.5, 0.6) is 0 Å². The molecule has 20 heavy (non-hydrogen) atoms. The fourth-order valence-corrected chi connectivity index (χ4v) is 3.28. The number of rotatable bonds is 7. The molecule has 0 aliphatic carbocycles. The minimum Gasteiger partial charge on any atom is -0.326 e. The van der Waals surface area contributed by atoms with E-state index in [2.05, 4.69) is 48.0 Å². The van der Waals surface area contributed by atoms with E-state index < -0.39 is 0 Å². The molecule has 112 valence electrons. The van der Waals surface area contributed by atoms with E-state index in [0.717, 1.165) is 19.0 Å². The predicted molar refractivity (Wildman–Crippen MR) is 85.8 cm³/mol. The fraction of sp³-hybridized carbons (Fsp3) is 0.647. The first kappa shape index (κ1) is 15.5. The third kappa shape index (κ3) is 4.05. The first-order valence-electron chi connectivity index (χ1n) is 7.94. The molecule has 0 radical (unpaired) electrons. The van der Waals surface area contributed by atoms with Gasteiger partial charge in [-0.05, 0) is 50.5 Å². The van der Waals surface area contributed by atoms with Crippen molar-refractivity contribution in [2.24, 2.45) is 5.73 Å². The van der Waals surface area contributed by atoms with Crippen molar-refractivity contribution in [3.05, 3.63) is 35.4 Å². The molecule has 0 bridgehead atoms. The second-order valence-corrected chi connectivity index (χ2v) is 5.91. The molecule has 1 unspecified atom stereocenters. The summed E-state index contributed by atoms with van der Waals surface area (Å²) in [6, 6.07) is 9.31. The van der Waals surface area contributed by atoms with Gasteiger partial charge in [0.15, 0.2) is 0 Å². The second kappa shape index (κ2) is 7.77. The predicted octanol–water partition coefficient (Wildman–Crippen LogP) is 2.10. The van der Waals surface area contributed by atoms with Crippen LogP contribution in [0, 0.1) is 0 Å². The molecule has 0 saturated carbocycles. The van der Waals surface area contributed by atoms with Gasteiger partial charge >= 0.3 is 0 Å². The van der Waals surface area contributed by atoms with E-state index in [9.17, 15) is 0 Å². The molecule has 1 heterocycles. The Hall–Kier alpha value is -0.900. The van der Waals surface area contributed by atoms with Crippen LogP contribution in [-0.2, 0) is 13.0 Å². The zero-order valence-electron chi connectivity index (χ0n) is 13.0. The van der Waals surface area contributed by atoms with Crippen LogP contribution in [0.15, 0.2) is 24.3 Å². The van der Waals surface area contributed by atoms with Gasteiger partial charge in [-0.2, -0.15) is 0 Å². The molecule has 1 saturated heterocycles. The summed E-state index contributed by atoms with van der Waals surface area (Å²) in [6.45, 7) is 7.70. The Morgan fingerprint density at radius 2 is 2.05 bits per heavy atom. The maximum atomic E-state index is 5.81. The summed E-state index contributed by atoms with van der Waals surface area (Å²) in [5, 5.41) is 0. The Morgan fingerprint density at radius 3 is 2.75 bits per heavy atom. The molecular weight excluding hydrogens is 246 g/mol. The molecule has 2 rings (SSSR count). The molecule has 3 nitrogen and oxygen atoms in total. The van der Waals surface area contributed by atoms with E-state index in [0.29, 0.717) is 6.54 Å². The van der Waals surface area contributed by atoms with E-state index in [1.54, 1.807) is 0 Å². The number of likely N-dealkylation sites (tertiary alicyclic amines) is 1. The number of benzene rings is 1. The van der Waals surface area contributed by atoms with E-state index in [1.807, 2.05) is 0 Å². The topological polar surface area (TPSA) is 32.5 Å². The van der Waals surface area contributed by atoms with Crippen molar-refractivity contribution in [2.45, 2.75) is 38.8 Å². The van der Waals surface area contributed by atoms with Gasteiger partial charge in [0.1, 0.15) is 0 Å². The quantitative estimate of drug-likeness (QED) is 0.827. The van der Waals surface area contributed by atoms with Crippen molar-refractivity contribution < 1.29 is 0 Å². The Kier molecular flexibility index (Phi) is 6.02. The van der Waals surface area contributed by atoms with Crippen LogP contribution in [0.2, 0.25) is 0 Å². The summed E-state index contributed by atoms with van der Waals surface area (Å²) in [5.74, 6) is 0. The highest BCUT2D eigenvalue weighted by molar-refractivity contribution is 5.27. The molecule has 1 fully saturated rings. The van der Waals surface area contributed by atoms with E-state index in [1.165, 1.54) is 43.6 Å². The molecule has 0 aromatic heterocycles. The monoisotopic (exact) mass is 275 g/mol. The lowest BCUT2D eigenvalue weighted by Crippen LogP contribution is -2.39. The summed E-state index contributed by atoms with van der Waals surface area (Å²) in [4.78, 5) is 5.09. The normalized spacial score (nSPS) is 19.9. The van der Waals surface area contributed by atoms with E-state index >= 15 is 0 Å². The van der Waals surface area contributed by atoms with Gasteiger partial charge in [0.2, 0.25) is 0 Å². The van der Waals surface area contributed by atoms with Crippen LogP contribution >= 0.6 is 0 Å². The summed E-state index contributed by atoms with van der Waals surface area (Å²) in [5.41, 5.74) is 8.50. The molecule has 2 N–H and O–H groups in total. The number of nitrogens with zero attached hydrogens (tertiary/aromatic N) is 2. The fourth-order valence-electron chi connectivity index (χ4n) is 3.28. The van der Waals surface area contributed by atoms with Crippen molar-refractivity contribution in [1.82, 2.24) is 9.80 Å². The first-order chi connectivity index (χ1) is 9.74. The van der Waals surface area contributed by atoms with Crippen molar-refractivity contribution in [1.29, 1.82) is 0 Å². The standard InChI is InChI=1S/C17H29N3/c1-3-20-11-6-9-17(20)14-19(2)12-10-15-7-4-5-8-16(15)13-18/h4-5,7-8,17H,3,6,9-14,18H2,1-2H3. The lowest BCUT2D eigenvalue weighted by Gasteiger charge is -2.27. The van der Waals surface area contributed by atoms with Crippen LogP contribution in [0.25, 0.3) is 0 Å². The maximum absolute atomic E-state index is 5.81. The lowest BCUT2D eigenvalue weighted by molar-refractivity contribution is 0.200. The third-order valence-electron chi connectivity index (χ3n) is 4.53. The van der Waals surface area contributed by atoms with Crippen LogP contribution in [0.1, 0.15) is 30.9 Å². The van der Waals surface area contributed by atoms with Gasteiger partial charge in [-0.1, -0.05) is 31.2 Å². The number of hydrogen-bond acceptors (Lipinski definition) is 3. The molecule has 1 atom stereocenters. The molecule has 1 aromatic carbocycles. The molecule has 0 amide bonds. The number of likely N-dealkylation sites (N-methyl/N-ethyl adjacent to an activating group) is 2. The minimum absolute atomic E-state index is 0.645. The Labute approximate surface area is 123 Å². The molecule has 1 aliphatic rings. The molecule has 1 aliphatic heterocycles. The van der Waals surface area contributed by atoms with Crippen LogP contribution < -0.4 is 5.73 Å². The highest BCUT2D eigenvalue weighted by atomic mass is 15.2. The Balaban J connectivity index is 1.81. The number of nitrogens with two attached hydrogens (primary N) is 1. The zero-order chi connectivity index (χ0) is 14.4. The average molecular weight is 275 g/mol.